The molecule has 0 aliphatic carbocycles. The minimum absolute atomic E-state index is 0.323. The van der Waals surface area contributed by atoms with Crippen molar-refractivity contribution in [3.8, 4) is 0 Å². The van der Waals surface area contributed by atoms with Crippen molar-refractivity contribution >= 4 is 5.78 Å². The van der Waals surface area contributed by atoms with Crippen molar-refractivity contribution in [2.45, 2.75) is 25.9 Å². The summed E-state index contributed by atoms with van der Waals surface area (Å²) in [4.78, 5) is 10.5. The third kappa shape index (κ3) is 7.53. The number of halogens is 3. The second-order valence-corrected chi connectivity index (χ2v) is 2.38. The SMILES string of the molecule is CCCOCC(=O)CC(F)(F)F. The normalized spacial score (nSPS) is 11.7. The molecule has 0 rings (SSSR count). The van der Waals surface area contributed by atoms with E-state index >= 15 is 0 Å². The molecule has 0 aromatic heterocycles. The quantitative estimate of drug-likeness (QED) is 0.610. The van der Waals surface area contributed by atoms with Gasteiger partial charge in [0.2, 0.25) is 0 Å². The first kappa shape index (κ1) is 11.4. The second kappa shape index (κ2) is 5.13. The highest BCUT2D eigenvalue weighted by Gasteiger charge is 2.30. The molecule has 0 radical (unpaired) electrons. The van der Waals surface area contributed by atoms with Crippen LogP contribution in [0.5, 0.6) is 0 Å². The Balaban J connectivity index is 3.47. The molecule has 0 aliphatic rings. The van der Waals surface area contributed by atoms with Gasteiger partial charge in [0.1, 0.15) is 13.0 Å². The van der Waals surface area contributed by atoms with Crippen LogP contribution in [0.25, 0.3) is 0 Å². The van der Waals surface area contributed by atoms with Gasteiger partial charge in [0.25, 0.3) is 0 Å². The van der Waals surface area contributed by atoms with Crippen LogP contribution in [0.4, 0.5) is 13.2 Å². The van der Waals surface area contributed by atoms with Crippen molar-refractivity contribution in [2.24, 2.45) is 0 Å². The highest BCUT2D eigenvalue weighted by Crippen LogP contribution is 2.19. The van der Waals surface area contributed by atoms with Gasteiger partial charge in [0.05, 0.1) is 0 Å². The summed E-state index contributed by atoms with van der Waals surface area (Å²) in [6, 6.07) is 0. The van der Waals surface area contributed by atoms with E-state index in [2.05, 4.69) is 4.74 Å². The van der Waals surface area contributed by atoms with Crippen molar-refractivity contribution in [2.75, 3.05) is 13.2 Å². The molecule has 0 N–H and O–H groups in total. The highest BCUT2D eigenvalue weighted by atomic mass is 19.4. The lowest BCUT2D eigenvalue weighted by molar-refractivity contribution is -0.155. The number of ketones is 1. The topological polar surface area (TPSA) is 26.3 Å². The number of carbonyl (C=O) groups excluding carboxylic acids is 1. The Kier molecular flexibility index (Phi) is 4.89. The monoisotopic (exact) mass is 184 g/mol. The van der Waals surface area contributed by atoms with Gasteiger partial charge < -0.3 is 4.74 Å². The van der Waals surface area contributed by atoms with E-state index in [4.69, 9.17) is 0 Å². The van der Waals surface area contributed by atoms with Crippen molar-refractivity contribution in [3.05, 3.63) is 0 Å². The zero-order valence-corrected chi connectivity index (χ0v) is 6.78. The van der Waals surface area contributed by atoms with Gasteiger partial charge in [-0.2, -0.15) is 13.2 Å². The van der Waals surface area contributed by atoms with E-state index in [0.29, 0.717) is 13.0 Å². The van der Waals surface area contributed by atoms with Crippen molar-refractivity contribution in [3.63, 3.8) is 0 Å². The van der Waals surface area contributed by atoms with Crippen LogP contribution < -0.4 is 0 Å². The molecule has 5 heteroatoms. The molecule has 0 atom stereocenters. The number of Topliss-reactive ketones (excluding diaryl/α,β-unsaturated/α-hetero) is 1. The largest absolute Gasteiger partial charge is 0.395 e. The molecule has 0 aromatic rings. The zero-order chi connectivity index (χ0) is 9.61. The molecule has 72 valence electrons. The van der Waals surface area contributed by atoms with Crippen LogP contribution in [0.3, 0.4) is 0 Å². The molecule has 0 aliphatic heterocycles. The molecule has 0 fully saturated rings. The van der Waals surface area contributed by atoms with E-state index in [1.807, 2.05) is 6.92 Å². The summed E-state index contributed by atoms with van der Waals surface area (Å²) in [6.45, 7) is 1.70. The first-order chi connectivity index (χ1) is 5.45. The predicted octanol–water partition coefficient (Wildman–Crippen LogP) is 1.93. The Bertz CT molecular complexity index is 142. The maximum atomic E-state index is 11.5. The lowest BCUT2D eigenvalue weighted by atomic mass is 10.3. The summed E-state index contributed by atoms with van der Waals surface area (Å²) < 4.78 is 39.3. The summed E-state index contributed by atoms with van der Waals surface area (Å²) in [6.07, 6.45) is -5.11. The van der Waals surface area contributed by atoms with Crippen LogP contribution in [-0.4, -0.2) is 25.2 Å². The fourth-order valence-corrected chi connectivity index (χ4v) is 0.605. The van der Waals surface area contributed by atoms with Crippen molar-refractivity contribution in [1.82, 2.24) is 0 Å². The average molecular weight is 184 g/mol. The third-order valence-electron chi connectivity index (χ3n) is 1.01. The smallest absolute Gasteiger partial charge is 0.374 e. The van der Waals surface area contributed by atoms with Gasteiger partial charge in [0.15, 0.2) is 5.78 Å². The maximum absolute atomic E-state index is 11.5. The summed E-state index contributed by atoms with van der Waals surface area (Å²) in [5.74, 6) is -0.920. The molecular weight excluding hydrogens is 173 g/mol. The molecule has 0 saturated heterocycles. The average Bonchev–Trinajstić information content (AvgIpc) is 1.84. The zero-order valence-electron chi connectivity index (χ0n) is 6.78. The van der Waals surface area contributed by atoms with Crippen LogP contribution in [0.1, 0.15) is 19.8 Å². The first-order valence-corrected chi connectivity index (χ1v) is 3.62. The lowest BCUT2D eigenvalue weighted by Gasteiger charge is -2.04. The highest BCUT2D eigenvalue weighted by molar-refractivity contribution is 5.80. The number of hydrogen-bond donors (Lipinski definition) is 0. The van der Waals surface area contributed by atoms with Crippen LogP contribution in [0.2, 0.25) is 0 Å². The molecule has 12 heavy (non-hydrogen) atoms. The summed E-state index contributed by atoms with van der Waals surface area (Å²) in [5, 5.41) is 0. The minimum Gasteiger partial charge on any atom is -0.374 e. The van der Waals surface area contributed by atoms with Crippen LogP contribution >= 0.6 is 0 Å². The van der Waals surface area contributed by atoms with Gasteiger partial charge in [-0.05, 0) is 6.42 Å². The van der Waals surface area contributed by atoms with Gasteiger partial charge in [-0.3, -0.25) is 4.79 Å². The Labute approximate surface area is 68.7 Å². The number of hydrogen-bond acceptors (Lipinski definition) is 2. The predicted molar refractivity (Wildman–Crippen MR) is 36.8 cm³/mol. The summed E-state index contributed by atoms with van der Waals surface area (Å²) in [5.41, 5.74) is 0. The fraction of sp³-hybridized carbons (Fsp3) is 0.857. The minimum atomic E-state index is -4.41. The maximum Gasteiger partial charge on any atom is 0.395 e. The molecule has 0 aromatic carbocycles. The van der Waals surface area contributed by atoms with Crippen LogP contribution in [-0.2, 0) is 9.53 Å². The van der Waals surface area contributed by atoms with Gasteiger partial charge in [-0.25, -0.2) is 0 Å². The Morgan fingerprint density at radius 2 is 2.00 bits per heavy atom. The van der Waals surface area contributed by atoms with E-state index in [1.165, 1.54) is 0 Å². The molecule has 0 bridgehead atoms. The first-order valence-electron chi connectivity index (χ1n) is 3.62. The Morgan fingerprint density at radius 3 is 2.42 bits per heavy atom. The van der Waals surface area contributed by atoms with Crippen molar-refractivity contribution in [1.29, 1.82) is 0 Å². The Morgan fingerprint density at radius 1 is 1.42 bits per heavy atom. The molecule has 0 amide bonds. The van der Waals surface area contributed by atoms with E-state index in [1.54, 1.807) is 0 Å². The molecular formula is C7H11F3O2. The Hall–Kier alpha value is -0.580. The van der Waals surface area contributed by atoms with Crippen LogP contribution in [0.15, 0.2) is 0 Å². The molecule has 2 nitrogen and oxygen atoms in total. The van der Waals surface area contributed by atoms with Gasteiger partial charge in [-0.1, -0.05) is 6.92 Å². The second-order valence-electron chi connectivity index (χ2n) is 2.38. The molecule has 0 unspecified atom stereocenters. The number of alkyl halides is 3. The molecule has 0 spiro atoms. The van der Waals surface area contributed by atoms with Gasteiger partial charge in [0, 0.05) is 6.61 Å². The summed E-state index contributed by atoms with van der Waals surface area (Å²) in [7, 11) is 0. The van der Waals surface area contributed by atoms with E-state index in [-0.39, 0.29) is 0 Å². The van der Waals surface area contributed by atoms with E-state index in [0.717, 1.165) is 0 Å². The third-order valence-corrected chi connectivity index (χ3v) is 1.01. The number of carbonyl (C=O) groups is 1. The van der Waals surface area contributed by atoms with Crippen LogP contribution in [0, 0.1) is 0 Å². The van der Waals surface area contributed by atoms with E-state index < -0.39 is 25.0 Å². The lowest BCUT2D eigenvalue weighted by Crippen LogP contribution is -2.19. The number of ether oxygens (including phenoxy) is 1. The molecule has 0 saturated carbocycles. The number of rotatable bonds is 5. The fourth-order valence-electron chi connectivity index (χ4n) is 0.605. The van der Waals surface area contributed by atoms with Gasteiger partial charge in [-0.15, -0.1) is 0 Å². The van der Waals surface area contributed by atoms with E-state index in [9.17, 15) is 18.0 Å². The van der Waals surface area contributed by atoms with Gasteiger partial charge >= 0.3 is 6.18 Å². The molecule has 0 heterocycles. The standard InChI is InChI=1S/C7H11F3O2/c1-2-3-12-5-6(11)4-7(8,9)10/h2-5H2,1H3. The van der Waals surface area contributed by atoms with Crippen molar-refractivity contribution < 1.29 is 22.7 Å². The summed E-state index contributed by atoms with van der Waals surface area (Å²) >= 11 is 0.